The third kappa shape index (κ3) is 4.59. The standard InChI is InChI=1S/C21H29N3O3.CH2O2/c1-23(2)14-16-13-21(20(26)27-16)8-11-24(12-9-21)19(25)17-7-3-5-15-6-4-10-22-18(15)17;2-1-3/h3,5,7,16,22H,4,6,8-14H2,1-2H3;1H,(H,2,3). The summed E-state index contributed by atoms with van der Waals surface area (Å²) >= 11 is 0. The van der Waals surface area contributed by atoms with E-state index in [4.69, 9.17) is 14.6 Å². The minimum absolute atomic E-state index is 0.0277. The van der Waals surface area contributed by atoms with Crippen molar-refractivity contribution in [2.24, 2.45) is 5.41 Å². The SMILES string of the molecule is CN(C)CC1CC2(CCN(C(=O)c3cccc4c3NCCC4)CC2)C(=O)O1.O=CO. The van der Waals surface area contributed by atoms with Gasteiger partial charge in [-0.15, -0.1) is 0 Å². The Balaban J connectivity index is 0.000000806. The summed E-state index contributed by atoms with van der Waals surface area (Å²) in [5.41, 5.74) is 2.60. The second-order valence-corrected chi connectivity index (χ2v) is 8.54. The van der Waals surface area contributed by atoms with E-state index in [1.807, 2.05) is 31.1 Å². The third-order valence-corrected chi connectivity index (χ3v) is 6.21. The molecular weight excluding hydrogens is 386 g/mol. The van der Waals surface area contributed by atoms with Gasteiger partial charge in [-0.25, -0.2) is 0 Å². The number of nitrogens with one attached hydrogen (secondary N) is 1. The number of carbonyl (C=O) groups excluding carboxylic acids is 2. The predicted molar refractivity (Wildman–Crippen MR) is 113 cm³/mol. The van der Waals surface area contributed by atoms with Crippen LogP contribution in [-0.2, 0) is 20.7 Å². The molecule has 2 N–H and O–H groups in total. The molecule has 1 spiro atoms. The van der Waals surface area contributed by atoms with Gasteiger partial charge in [0, 0.05) is 32.6 Å². The number of piperidine rings is 1. The van der Waals surface area contributed by atoms with Gasteiger partial charge in [0.15, 0.2) is 0 Å². The highest BCUT2D eigenvalue weighted by atomic mass is 16.6. The number of nitrogens with zero attached hydrogens (tertiary/aromatic N) is 2. The summed E-state index contributed by atoms with van der Waals surface area (Å²) in [6.45, 7) is 2.66. The monoisotopic (exact) mass is 417 g/mol. The average molecular weight is 418 g/mol. The first-order chi connectivity index (χ1) is 14.4. The molecule has 1 aromatic carbocycles. The number of carboxylic acid groups (broad SMARTS) is 1. The Morgan fingerprint density at radius 1 is 1.37 bits per heavy atom. The molecule has 0 radical (unpaired) electrons. The van der Waals surface area contributed by atoms with Crippen LogP contribution in [0.4, 0.5) is 5.69 Å². The Morgan fingerprint density at radius 3 is 2.73 bits per heavy atom. The Kier molecular flexibility index (Phi) is 6.97. The van der Waals surface area contributed by atoms with Gasteiger partial charge in [0.1, 0.15) is 6.10 Å². The van der Waals surface area contributed by atoms with E-state index in [1.54, 1.807) is 0 Å². The lowest BCUT2D eigenvalue weighted by Gasteiger charge is -2.37. The van der Waals surface area contributed by atoms with E-state index in [0.717, 1.165) is 43.6 Å². The molecule has 1 aromatic rings. The fraction of sp³-hybridized carbons (Fsp3) is 0.591. The van der Waals surface area contributed by atoms with Crippen molar-refractivity contribution in [2.75, 3.05) is 45.6 Å². The summed E-state index contributed by atoms with van der Waals surface area (Å²) in [7, 11) is 3.99. The number of fused-ring (bicyclic) bond motifs is 1. The van der Waals surface area contributed by atoms with Crippen molar-refractivity contribution in [2.45, 2.75) is 38.2 Å². The van der Waals surface area contributed by atoms with Crippen molar-refractivity contribution in [1.29, 1.82) is 0 Å². The number of esters is 1. The van der Waals surface area contributed by atoms with Crippen molar-refractivity contribution >= 4 is 24.0 Å². The fourth-order valence-electron chi connectivity index (χ4n) is 4.75. The van der Waals surface area contributed by atoms with E-state index >= 15 is 0 Å². The number of para-hydroxylation sites is 1. The second-order valence-electron chi connectivity index (χ2n) is 8.54. The predicted octanol–water partition coefficient (Wildman–Crippen LogP) is 1.84. The summed E-state index contributed by atoms with van der Waals surface area (Å²) in [5.74, 6) is 0.00696. The lowest BCUT2D eigenvalue weighted by atomic mass is 9.76. The Hall–Kier alpha value is -2.61. The highest BCUT2D eigenvalue weighted by molar-refractivity contribution is 6.00. The zero-order valence-electron chi connectivity index (χ0n) is 17.7. The van der Waals surface area contributed by atoms with Crippen LogP contribution in [0.5, 0.6) is 0 Å². The van der Waals surface area contributed by atoms with Crippen LogP contribution < -0.4 is 5.32 Å². The topological polar surface area (TPSA) is 99.2 Å². The number of likely N-dealkylation sites (tertiary alicyclic amines) is 1. The number of ether oxygens (including phenoxy) is 1. The zero-order valence-corrected chi connectivity index (χ0v) is 17.7. The van der Waals surface area contributed by atoms with Gasteiger partial charge < -0.3 is 25.0 Å². The van der Waals surface area contributed by atoms with Gasteiger partial charge in [-0.05, 0) is 51.4 Å². The van der Waals surface area contributed by atoms with Crippen LogP contribution in [0, 0.1) is 5.41 Å². The quantitative estimate of drug-likeness (QED) is 0.572. The smallest absolute Gasteiger partial charge is 0.312 e. The molecule has 3 aliphatic rings. The molecule has 1 unspecified atom stereocenters. The van der Waals surface area contributed by atoms with Gasteiger partial charge in [-0.3, -0.25) is 14.4 Å². The molecule has 2 fully saturated rings. The second kappa shape index (κ2) is 9.47. The molecule has 8 nitrogen and oxygen atoms in total. The molecule has 3 heterocycles. The normalized spacial score (nSPS) is 21.9. The van der Waals surface area contributed by atoms with Gasteiger partial charge in [0.2, 0.25) is 0 Å². The molecule has 0 aromatic heterocycles. The van der Waals surface area contributed by atoms with Crippen molar-refractivity contribution in [3.05, 3.63) is 29.3 Å². The summed E-state index contributed by atoms with van der Waals surface area (Å²) in [5, 5.41) is 10.3. The van der Waals surface area contributed by atoms with Gasteiger partial charge in [-0.1, -0.05) is 12.1 Å². The van der Waals surface area contributed by atoms with Crippen LogP contribution in [0.1, 0.15) is 41.6 Å². The molecular formula is C22H31N3O5. The van der Waals surface area contributed by atoms with Crippen molar-refractivity contribution in [3.8, 4) is 0 Å². The van der Waals surface area contributed by atoms with Crippen LogP contribution >= 0.6 is 0 Å². The Bertz CT molecular complexity index is 787. The molecule has 0 aliphatic carbocycles. The van der Waals surface area contributed by atoms with Crippen molar-refractivity contribution in [3.63, 3.8) is 0 Å². The van der Waals surface area contributed by atoms with Crippen LogP contribution in [-0.4, -0.2) is 79.6 Å². The minimum Gasteiger partial charge on any atom is -0.483 e. The maximum atomic E-state index is 13.1. The number of amides is 1. The van der Waals surface area contributed by atoms with Crippen LogP contribution in [0.2, 0.25) is 0 Å². The third-order valence-electron chi connectivity index (χ3n) is 6.21. The number of hydrogen-bond donors (Lipinski definition) is 2. The van der Waals surface area contributed by atoms with E-state index in [0.29, 0.717) is 25.9 Å². The van der Waals surface area contributed by atoms with Crippen LogP contribution in [0.3, 0.4) is 0 Å². The molecule has 164 valence electrons. The maximum Gasteiger partial charge on any atom is 0.312 e. The van der Waals surface area contributed by atoms with Crippen LogP contribution in [0.25, 0.3) is 0 Å². The maximum absolute atomic E-state index is 13.1. The molecule has 4 rings (SSSR count). The largest absolute Gasteiger partial charge is 0.483 e. The van der Waals surface area contributed by atoms with E-state index in [-0.39, 0.29) is 24.5 Å². The number of carbonyl (C=O) groups is 3. The van der Waals surface area contributed by atoms with E-state index in [9.17, 15) is 9.59 Å². The molecule has 8 heteroatoms. The van der Waals surface area contributed by atoms with Crippen molar-refractivity contribution in [1.82, 2.24) is 9.80 Å². The number of rotatable bonds is 3. The highest BCUT2D eigenvalue weighted by Gasteiger charge is 2.50. The Morgan fingerprint density at radius 2 is 2.07 bits per heavy atom. The molecule has 3 aliphatic heterocycles. The molecule has 0 saturated carbocycles. The number of anilines is 1. The van der Waals surface area contributed by atoms with E-state index < -0.39 is 5.41 Å². The van der Waals surface area contributed by atoms with Crippen molar-refractivity contribution < 1.29 is 24.2 Å². The summed E-state index contributed by atoms with van der Waals surface area (Å²) in [6.07, 6.45) is 4.26. The molecule has 30 heavy (non-hydrogen) atoms. The molecule has 0 bridgehead atoms. The zero-order chi connectivity index (χ0) is 21.7. The summed E-state index contributed by atoms with van der Waals surface area (Å²) < 4.78 is 5.63. The minimum atomic E-state index is -0.397. The molecule has 1 amide bonds. The summed E-state index contributed by atoms with van der Waals surface area (Å²) in [4.78, 5) is 38.0. The van der Waals surface area contributed by atoms with E-state index in [2.05, 4.69) is 16.3 Å². The molecule has 2 saturated heterocycles. The summed E-state index contributed by atoms with van der Waals surface area (Å²) in [6, 6.07) is 5.99. The first-order valence-electron chi connectivity index (χ1n) is 10.5. The average Bonchev–Trinajstić information content (AvgIpc) is 3.02. The lowest BCUT2D eigenvalue weighted by molar-refractivity contribution is -0.150. The Labute approximate surface area is 177 Å². The number of benzene rings is 1. The first kappa shape index (κ1) is 22.1. The first-order valence-corrected chi connectivity index (χ1v) is 10.5. The highest BCUT2D eigenvalue weighted by Crippen LogP contribution is 2.43. The van der Waals surface area contributed by atoms with E-state index in [1.165, 1.54) is 5.56 Å². The number of hydrogen-bond acceptors (Lipinski definition) is 6. The number of cyclic esters (lactones) is 1. The van der Waals surface area contributed by atoms with Gasteiger partial charge >= 0.3 is 5.97 Å². The van der Waals surface area contributed by atoms with Gasteiger partial charge in [0.25, 0.3) is 12.4 Å². The number of likely N-dealkylation sites (N-methyl/N-ethyl adjacent to an activating group) is 1. The van der Waals surface area contributed by atoms with Crippen LogP contribution in [0.15, 0.2) is 18.2 Å². The van der Waals surface area contributed by atoms with Gasteiger partial charge in [0.05, 0.1) is 16.7 Å². The fourth-order valence-corrected chi connectivity index (χ4v) is 4.75. The lowest BCUT2D eigenvalue weighted by Crippen LogP contribution is -2.45. The molecule has 1 atom stereocenters. The number of aryl methyl sites for hydroxylation is 1. The van der Waals surface area contributed by atoms with Gasteiger partial charge in [-0.2, -0.15) is 0 Å².